The zero-order valence-corrected chi connectivity index (χ0v) is 10.3. The van der Waals surface area contributed by atoms with Gasteiger partial charge in [0.1, 0.15) is 0 Å². The van der Waals surface area contributed by atoms with Gasteiger partial charge in [0.25, 0.3) is 0 Å². The van der Waals surface area contributed by atoms with Crippen LogP contribution in [0, 0.1) is 0 Å². The quantitative estimate of drug-likeness (QED) is 0.678. The molecule has 3 nitrogen and oxygen atoms in total. The molecule has 15 heavy (non-hydrogen) atoms. The van der Waals surface area contributed by atoms with E-state index < -0.39 is 0 Å². The van der Waals surface area contributed by atoms with Gasteiger partial charge >= 0.3 is 0 Å². The molecule has 0 amide bonds. The van der Waals surface area contributed by atoms with Crippen molar-refractivity contribution in [3.05, 3.63) is 0 Å². The molecule has 0 aromatic carbocycles. The van der Waals surface area contributed by atoms with Crippen molar-refractivity contribution < 1.29 is 4.74 Å². The predicted molar refractivity (Wildman–Crippen MR) is 64.2 cm³/mol. The van der Waals surface area contributed by atoms with E-state index in [-0.39, 0.29) is 0 Å². The number of ether oxygens (including phenoxy) is 1. The highest BCUT2D eigenvalue weighted by molar-refractivity contribution is 4.75. The predicted octanol–water partition coefficient (Wildman–Crippen LogP) is 1.49. The molecule has 1 atom stereocenters. The van der Waals surface area contributed by atoms with Crippen LogP contribution in [0.2, 0.25) is 0 Å². The molecule has 0 aromatic heterocycles. The summed E-state index contributed by atoms with van der Waals surface area (Å²) in [6.07, 6.45) is 3.62. The van der Waals surface area contributed by atoms with Crippen LogP contribution in [0.25, 0.3) is 0 Å². The minimum Gasteiger partial charge on any atom is -0.380 e. The number of hydrogen-bond donors (Lipinski definition) is 1. The molecule has 1 saturated heterocycles. The van der Waals surface area contributed by atoms with Crippen molar-refractivity contribution in [1.29, 1.82) is 0 Å². The maximum Gasteiger partial charge on any atom is 0.0593 e. The summed E-state index contributed by atoms with van der Waals surface area (Å²) in [6.45, 7) is 10.9. The zero-order chi connectivity index (χ0) is 10.9. The van der Waals surface area contributed by atoms with Crippen molar-refractivity contribution in [2.24, 2.45) is 0 Å². The lowest BCUT2D eigenvalue weighted by Crippen LogP contribution is -2.38. The van der Waals surface area contributed by atoms with Crippen molar-refractivity contribution >= 4 is 0 Å². The van der Waals surface area contributed by atoms with Crippen molar-refractivity contribution in [2.75, 3.05) is 39.4 Å². The minimum atomic E-state index is 0.679. The second kappa shape index (κ2) is 8.08. The van der Waals surface area contributed by atoms with Crippen LogP contribution in [0.5, 0.6) is 0 Å². The SMILES string of the molecule is CCCOCCN1CCCNC(CC)C1. The molecular weight excluding hydrogens is 188 g/mol. The Kier molecular flexibility index (Phi) is 6.98. The molecule has 1 heterocycles. The molecule has 1 rings (SSSR count). The normalized spacial score (nSPS) is 24.0. The van der Waals surface area contributed by atoms with Gasteiger partial charge in [-0.15, -0.1) is 0 Å². The smallest absolute Gasteiger partial charge is 0.0593 e. The summed E-state index contributed by atoms with van der Waals surface area (Å²) in [7, 11) is 0. The van der Waals surface area contributed by atoms with Gasteiger partial charge in [-0.25, -0.2) is 0 Å². The largest absolute Gasteiger partial charge is 0.380 e. The van der Waals surface area contributed by atoms with Gasteiger partial charge in [0.15, 0.2) is 0 Å². The molecule has 1 unspecified atom stereocenters. The van der Waals surface area contributed by atoms with Gasteiger partial charge in [0, 0.05) is 25.7 Å². The standard InChI is InChI=1S/C12H26N2O/c1-3-9-15-10-8-14-7-5-6-13-12(4-2)11-14/h12-13H,3-11H2,1-2H3. The van der Waals surface area contributed by atoms with Crippen LogP contribution in [0.1, 0.15) is 33.1 Å². The molecule has 90 valence electrons. The van der Waals surface area contributed by atoms with Crippen LogP contribution in [0.4, 0.5) is 0 Å². The van der Waals surface area contributed by atoms with E-state index >= 15 is 0 Å². The first kappa shape index (κ1) is 12.9. The first-order valence-electron chi connectivity index (χ1n) is 6.40. The summed E-state index contributed by atoms with van der Waals surface area (Å²) in [5.41, 5.74) is 0. The summed E-state index contributed by atoms with van der Waals surface area (Å²) in [5.74, 6) is 0. The van der Waals surface area contributed by atoms with Crippen LogP contribution in [-0.4, -0.2) is 50.3 Å². The van der Waals surface area contributed by atoms with Crippen LogP contribution < -0.4 is 5.32 Å². The molecule has 0 aliphatic carbocycles. The minimum absolute atomic E-state index is 0.679. The first-order valence-corrected chi connectivity index (χ1v) is 6.40. The highest BCUT2D eigenvalue weighted by Crippen LogP contribution is 2.03. The van der Waals surface area contributed by atoms with E-state index in [1.165, 1.54) is 32.5 Å². The average molecular weight is 214 g/mol. The maximum atomic E-state index is 5.53. The third kappa shape index (κ3) is 5.50. The van der Waals surface area contributed by atoms with Crippen LogP contribution in [0.15, 0.2) is 0 Å². The lowest BCUT2D eigenvalue weighted by Gasteiger charge is -2.23. The monoisotopic (exact) mass is 214 g/mol. The topological polar surface area (TPSA) is 24.5 Å². The van der Waals surface area contributed by atoms with Gasteiger partial charge in [-0.1, -0.05) is 13.8 Å². The molecule has 0 spiro atoms. The van der Waals surface area contributed by atoms with E-state index in [2.05, 4.69) is 24.1 Å². The van der Waals surface area contributed by atoms with E-state index in [0.29, 0.717) is 6.04 Å². The van der Waals surface area contributed by atoms with Gasteiger partial charge in [-0.05, 0) is 32.4 Å². The van der Waals surface area contributed by atoms with Crippen molar-refractivity contribution in [3.8, 4) is 0 Å². The molecule has 1 aliphatic rings. The van der Waals surface area contributed by atoms with Crippen LogP contribution in [-0.2, 0) is 4.74 Å². The lowest BCUT2D eigenvalue weighted by atomic mass is 10.2. The summed E-state index contributed by atoms with van der Waals surface area (Å²) in [6, 6.07) is 0.679. The highest BCUT2D eigenvalue weighted by Gasteiger charge is 2.15. The number of nitrogens with one attached hydrogen (secondary N) is 1. The zero-order valence-electron chi connectivity index (χ0n) is 10.3. The fraction of sp³-hybridized carbons (Fsp3) is 1.00. The molecule has 1 aliphatic heterocycles. The van der Waals surface area contributed by atoms with Crippen molar-refractivity contribution in [3.63, 3.8) is 0 Å². The van der Waals surface area contributed by atoms with Gasteiger partial charge in [-0.2, -0.15) is 0 Å². The van der Waals surface area contributed by atoms with Crippen LogP contribution >= 0.6 is 0 Å². The molecule has 3 heteroatoms. The van der Waals surface area contributed by atoms with E-state index in [4.69, 9.17) is 4.74 Å². The molecule has 0 bridgehead atoms. The van der Waals surface area contributed by atoms with Gasteiger partial charge in [0.05, 0.1) is 6.61 Å². The van der Waals surface area contributed by atoms with E-state index in [0.717, 1.165) is 26.2 Å². The Morgan fingerprint density at radius 2 is 2.20 bits per heavy atom. The summed E-state index contributed by atoms with van der Waals surface area (Å²) in [5, 5.41) is 3.58. The second-order valence-corrected chi connectivity index (χ2v) is 4.33. The Hall–Kier alpha value is -0.120. The van der Waals surface area contributed by atoms with Gasteiger partial charge < -0.3 is 10.1 Å². The van der Waals surface area contributed by atoms with Crippen molar-refractivity contribution in [2.45, 2.75) is 39.2 Å². The van der Waals surface area contributed by atoms with Crippen molar-refractivity contribution in [1.82, 2.24) is 10.2 Å². The van der Waals surface area contributed by atoms with E-state index in [1.54, 1.807) is 0 Å². The maximum absolute atomic E-state index is 5.53. The second-order valence-electron chi connectivity index (χ2n) is 4.33. The number of nitrogens with zero attached hydrogens (tertiary/aromatic N) is 1. The Morgan fingerprint density at radius 1 is 1.33 bits per heavy atom. The van der Waals surface area contributed by atoms with Crippen LogP contribution in [0.3, 0.4) is 0 Å². The summed E-state index contributed by atoms with van der Waals surface area (Å²) >= 11 is 0. The average Bonchev–Trinajstić information content (AvgIpc) is 2.49. The van der Waals surface area contributed by atoms with E-state index in [1.807, 2.05) is 0 Å². The third-order valence-electron chi connectivity index (χ3n) is 2.96. The fourth-order valence-electron chi connectivity index (χ4n) is 1.99. The Morgan fingerprint density at radius 3 is 2.93 bits per heavy atom. The highest BCUT2D eigenvalue weighted by atomic mass is 16.5. The molecule has 0 aromatic rings. The fourth-order valence-corrected chi connectivity index (χ4v) is 1.99. The molecular formula is C12H26N2O. The molecule has 1 fully saturated rings. The summed E-state index contributed by atoms with van der Waals surface area (Å²) < 4.78 is 5.53. The Balaban J connectivity index is 2.15. The van der Waals surface area contributed by atoms with Gasteiger partial charge in [-0.3, -0.25) is 4.90 Å². The molecule has 1 N–H and O–H groups in total. The first-order chi connectivity index (χ1) is 7.36. The summed E-state index contributed by atoms with van der Waals surface area (Å²) in [4.78, 5) is 2.53. The number of hydrogen-bond acceptors (Lipinski definition) is 3. The van der Waals surface area contributed by atoms with E-state index in [9.17, 15) is 0 Å². The van der Waals surface area contributed by atoms with Gasteiger partial charge in [0.2, 0.25) is 0 Å². The Bertz CT molecular complexity index is 153. The molecule has 0 saturated carbocycles. The third-order valence-corrected chi connectivity index (χ3v) is 2.96. The number of rotatable bonds is 6. The molecule has 0 radical (unpaired) electrons. The lowest BCUT2D eigenvalue weighted by molar-refractivity contribution is 0.103. The Labute approximate surface area is 94.2 Å².